The van der Waals surface area contributed by atoms with E-state index < -0.39 is 5.60 Å². The molecule has 2 aliphatic heterocycles. The lowest BCUT2D eigenvalue weighted by molar-refractivity contribution is -0.110. The molecule has 8 nitrogen and oxygen atoms in total. The van der Waals surface area contributed by atoms with E-state index in [2.05, 4.69) is 20.4 Å². The van der Waals surface area contributed by atoms with Gasteiger partial charge in [-0.3, -0.25) is 14.6 Å². The van der Waals surface area contributed by atoms with Gasteiger partial charge in [-0.15, -0.1) is 11.3 Å². The zero-order chi connectivity index (χ0) is 18.1. The van der Waals surface area contributed by atoms with Crippen LogP contribution in [0.15, 0.2) is 34.4 Å². The summed E-state index contributed by atoms with van der Waals surface area (Å²) in [6.45, 7) is 2.78. The molecule has 1 spiro atoms. The number of carbonyl (C=O) groups is 2. The average molecular weight is 371 g/mol. The predicted molar refractivity (Wildman–Crippen MR) is 96.1 cm³/mol. The maximum Gasteiger partial charge on any atom is 0.273 e. The third-order valence-electron chi connectivity index (χ3n) is 4.61. The number of anilines is 1. The van der Waals surface area contributed by atoms with Crippen LogP contribution < -0.4 is 5.32 Å². The van der Waals surface area contributed by atoms with Gasteiger partial charge in [0.15, 0.2) is 5.60 Å². The molecular weight excluding hydrogens is 354 g/mol. The van der Waals surface area contributed by atoms with Gasteiger partial charge in [-0.2, -0.15) is 0 Å². The summed E-state index contributed by atoms with van der Waals surface area (Å²) < 4.78 is 0. The van der Waals surface area contributed by atoms with E-state index in [1.807, 2.05) is 6.92 Å². The van der Waals surface area contributed by atoms with E-state index in [-0.39, 0.29) is 11.8 Å². The zero-order valence-electron chi connectivity index (χ0n) is 14.1. The Morgan fingerprint density at radius 1 is 1.38 bits per heavy atom. The van der Waals surface area contributed by atoms with E-state index in [9.17, 15) is 9.59 Å². The van der Waals surface area contributed by atoms with Gasteiger partial charge in [-0.05, 0) is 19.1 Å². The number of nitrogens with one attached hydrogen (secondary N) is 1. The minimum Gasteiger partial charge on any atom is -0.386 e. The normalized spacial score (nSPS) is 21.6. The molecule has 4 rings (SSSR count). The molecule has 2 aliphatic rings. The van der Waals surface area contributed by atoms with Crippen LogP contribution >= 0.6 is 11.3 Å². The van der Waals surface area contributed by atoms with Crippen molar-refractivity contribution >= 4 is 34.6 Å². The van der Waals surface area contributed by atoms with Crippen molar-refractivity contribution in [2.75, 3.05) is 18.4 Å². The average Bonchev–Trinajstić information content (AvgIpc) is 3.38. The van der Waals surface area contributed by atoms with Crippen LogP contribution in [-0.4, -0.2) is 51.1 Å². The molecule has 2 aromatic rings. The molecule has 0 bridgehead atoms. The van der Waals surface area contributed by atoms with Gasteiger partial charge >= 0.3 is 0 Å². The standard InChI is InChI=1S/C17H17N5O3S/c1-11-12(3-2-5-18-11)20-15(23)13-7-17(25-21-13)4-6-22(9-17)16(24)14-8-26-10-19-14/h2-3,5,8,10H,4,6-7,9H2,1H3,(H,20,23)/t17-/m1/s1. The van der Waals surface area contributed by atoms with Crippen LogP contribution in [-0.2, 0) is 9.63 Å². The van der Waals surface area contributed by atoms with Crippen LogP contribution in [0.4, 0.5) is 5.69 Å². The lowest BCUT2D eigenvalue weighted by Crippen LogP contribution is -2.37. The Morgan fingerprint density at radius 3 is 3.04 bits per heavy atom. The highest BCUT2D eigenvalue weighted by Crippen LogP contribution is 2.34. The number of aryl methyl sites for hydroxylation is 1. The summed E-state index contributed by atoms with van der Waals surface area (Å²) in [5.74, 6) is -0.419. The van der Waals surface area contributed by atoms with Crippen LogP contribution in [0.5, 0.6) is 0 Å². The summed E-state index contributed by atoms with van der Waals surface area (Å²) in [7, 11) is 0. The molecule has 2 aromatic heterocycles. The second-order valence-corrected chi connectivity index (χ2v) is 7.15. The Labute approximate surface area is 153 Å². The SMILES string of the molecule is Cc1ncccc1NC(=O)C1=NO[C@]2(CCN(C(=O)c3cscn3)C2)C1. The van der Waals surface area contributed by atoms with E-state index in [0.717, 1.165) is 5.69 Å². The molecule has 2 amide bonds. The molecule has 0 aliphatic carbocycles. The summed E-state index contributed by atoms with van der Waals surface area (Å²) in [6.07, 6.45) is 2.68. The molecule has 1 saturated heterocycles. The van der Waals surface area contributed by atoms with Gasteiger partial charge in [0.25, 0.3) is 11.8 Å². The third kappa shape index (κ3) is 3.05. The van der Waals surface area contributed by atoms with Gasteiger partial charge in [-0.25, -0.2) is 4.98 Å². The van der Waals surface area contributed by atoms with Crippen molar-refractivity contribution in [1.29, 1.82) is 0 Å². The van der Waals surface area contributed by atoms with Crippen molar-refractivity contribution in [3.05, 3.63) is 40.6 Å². The molecule has 1 atom stereocenters. The molecule has 9 heteroatoms. The molecule has 26 heavy (non-hydrogen) atoms. The number of oxime groups is 1. The van der Waals surface area contributed by atoms with Crippen LogP contribution in [0.1, 0.15) is 29.0 Å². The van der Waals surface area contributed by atoms with Gasteiger partial charge < -0.3 is 15.1 Å². The summed E-state index contributed by atoms with van der Waals surface area (Å²) >= 11 is 1.39. The van der Waals surface area contributed by atoms with Crippen LogP contribution in [0.25, 0.3) is 0 Å². The number of carbonyl (C=O) groups excluding carboxylic acids is 2. The smallest absolute Gasteiger partial charge is 0.273 e. The number of pyridine rings is 1. The monoisotopic (exact) mass is 371 g/mol. The lowest BCUT2D eigenvalue weighted by Gasteiger charge is -2.21. The summed E-state index contributed by atoms with van der Waals surface area (Å²) in [5, 5.41) is 8.53. The first-order valence-electron chi connectivity index (χ1n) is 8.22. The van der Waals surface area contributed by atoms with Gasteiger partial charge in [0.05, 0.1) is 23.4 Å². The molecule has 0 radical (unpaired) electrons. The Hall–Kier alpha value is -2.81. The van der Waals surface area contributed by atoms with E-state index in [1.54, 1.807) is 34.1 Å². The zero-order valence-corrected chi connectivity index (χ0v) is 15.0. The van der Waals surface area contributed by atoms with E-state index in [1.165, 1.54) is 11.3 Å². The molecule has 1 fully saturated rings. The maximum atomic E-state index is 12.5. The van der Waals surface area contributed by atoms with Crippen molar-refractivity contribution in [3.8, 4) is 0 Å². The van der Waals surface area contributed by atoms with E-state index >= 15 is 0 Å². The van der Waals surface area contributed by atoms with Gasteiger partial charge in [-0.1, -0.05) is 5.16 Å². The molecule has 4 heterocycles. The van der Waals surface area contributed by atoms with Crippen molar-refractivity contribution in [3.63, 3.8) is 0 Å². The van der Waals surface area contributed by atoms with Crippen molar-refractivity contribution in [2.24, 2.45) is 5.16 Å². The fourth-order valence-corrected chi connectivity index (χ4v) is 3.70. The number of aromatic nitrogens is 2. The molecule has 0 unspecified atom stereocenters. The second-order valence-electron chi connectivity index (χ2n) is 6.43. The first kappa shape index (κ1) is 16.6. The minimum absolute atomic E-state index is 0.115. The molecular formula is C17H17N5O3S. The summed E-state index contributed by atoms with van der Waals surface area (Å²) in [5.41, 5.74) is 3.16. The highest BCUT2D eigenvalue weighted by molar-refractivity contribution is 7.07. The summed E-state index contributed by atoms with van der Waals surface area (Å²) in [6, 6.07) is 3.55. The van der Waals surface area contributed by atoms with E-state index in [4.69, 9.17) is 4.84 Å². The highest BCUT2D eigenvalue weighted by atomic mass is 32.1. The molecule has 0 saturated carbocycles. The minimum atomic E-state index is -0.623. The fourth-order valence-electron chi connectivity index (χ4n) is 3.17. The maximum absolute atomic E-state index is 12.5. The topological polar surface area (TPSA) is 96.8 Å². The molecule has 134 valence electrons. The largest absolute Gasteiger partial charge is 0.386 e. The number of amides is 2. The van der Waals surface area contributed by atoms with Gasteiger partial charge in [0.1, 0.15) is 11.4 Å². The number of nitrogens with zero attached hydrogens (tertiary/aromatic N) is 4. The summed E-state index contributed by atoms with van der Waals surface area (Å²) in [4.78, 5) is 40.4. The quantitative estimate of drug-likeness (QED) is 0.888. The van der Waals surface area contributed by atoms with Crippen molar-refractivity contribution in [1.82, 2.24) is 14.9 Å². The third-order valence-corrected chi connectivity index (χ3v) is 5.20. The number of likely N-dealkylation sites (tertiary alicyclic amines) is 1. The van der Waals surface area contributed by atoms with Gasteiger partial charge in [0.2, 0.25) is 0 Å². The highest BCUT2D eigenvalue weighted by Gasteiger charge is 2.48. The Kier molecular flexibility index (Phi) is 4.15. The van der Waals surface area contributed by atoms with Gasteiger partial charge in [0, 0.05) is 31.0 Å². The Morgan fingerprint density at radius 2 is 2.27 bits per heavy atom. The first-order valence-corrected chi connectivity index (χ1v) is 9.16. The molecule has 1 N–H and O–H groups in total. The Bertz CT molecular complexity index is 882. The van der Waals surface area contributed by atoms with Crippen LogP contribution in [0, 0.1) is 6.92 Å². The van der Waals surface area contributed by atoms with E-state index in [0.29, 0.717) is 43.0 Å². The molecule has 0 aromatic carbocycles. The number of hydrogen-bond donors (Lipinski definition) is 1. The number of hydrogen-bond acceptors (Lipinski definition) is 7. The lowest BCUT2D eigenvalue weighted by atomic mass is 9.96. The van der Waals surface area contributed by atoms with Crippen LogP contribution in [0.3, 0.4) is 0 Å². The number of thiazole rings is 1. The second kappa shape index (κ2) is 6.49. The fraction of sp³-hybridized carbons (Fsp3) is 0.353. The van der Waals surface area contributed by atoms with Crippen molar-refractivity contribution in [2.45, 2.75) is 25.4 Å². The number of rotatable bonds is 3. The predicted octanol–water partition coefficient (Wildman–Crippen LogP) is 1.85. The van der Waals surface area contributed by atoms with Crippen LogP contribution in [0.2, 0.25) is 0 Å². The Balaban J connectivity index is 1.39. The first-order chi connectivity index (χ1) is 12.6. The van der Waals surface area contributed by atoms with Crippen molar-refractivity contribution < 1.29 is 14.4 Å².